The van der Waals surface area contributed by atoms with Crippen molar-refractivity contribution >= 4 is 0 Å². The van der Waals surface area contributed by atoms with E-state index in [0.717, 1.165) is 6.54 Å². The topological polar surface area (TPSA) is 12.0 Å². The monoisotopic (exact) mass is 131 g/mol. The van der Waals surface area contributed by atoms with Crippen LogP contribution in [-0.4, -0.2) is 19.3 Å². The number of rotatable bonds is 1. The van der Waals surface area contributed by atoms with E-state index in [0.29, 0.717) is 12.5 Å². The van der Waals surface area contributed by atoms with Crippen molar-refractivity contribution in [3.8, 4) is 0 Å². The first-order chi connectivity index (χ1) is 4.22. The number of hydrogen-bond donors (Lipinski definition) is 1. The first-order valence-electron chi connectivity index (χ1n) is 3.56. The molecule has 0 aliphatic carbocycles. The molecule has 1 N–H and O–H groups in total. The van der Waals surface area contributed by atoms with Gasteiger partial charge in [-0.1, -0.05) is 13.8 Å². The minimum atomic E-state index is -0.606. The zero-order valence-electron chi connectivity index (χ0n) is 6.02. The Labute approximate surface area is 55.6 Å². The lowest BCUT2D eigenvalue weighted by Crippen LogP contribution is -2.18. The number of nitrogens with one attached hydrogen (secondary N) is 1. The molecule has 1 saturated heterocycles. The first kappa shape index (κ1) is 7.00. The van der Waals surface area contributed by atoms with Crippen LogP contribution in [0.25, 0.3) is 0 Å². The molecule has 1 aliphatic rings. The van der Waals surface area contributed by atoms with Crippen LogP contribution in [-0.2, 0) is 0 Å². The van der Waals surface area contributed by atoms with Gasteiger partial charge in [0, 0.05) is 19.0 Å². The van der Waals surface area contributed by atoms with Crippen LogP contribution in [0.2, 0.25) is 0 Å². The lowest BCUT2D eigenvalue weighted by molar-refractivity contribution is 0.234. The summed E-state index contributed by atoms with van der Waals surface area (Å²) in [4.78, 5) is 0. The predicted octanol–water partition coefficient (Wildman–Crippen LogP) is 1.20. The van der Waals surface area contributed by atoms with E-state index in [2.05, 4.69) is 19.2 Å². The Balaban J connectivity index is 2.40. The Kier molecular flexibility index (Phi) is 2.06. The Hall–Kier alpha value is -0.110. The first-order valence-corrected chi connectivity index (χ1v) is 3.56. The third-order valence-electron chi connectivity index (χ3n) is 2.04. The third kappa shape index (κ3) is 1.42. The molecule has 1 heterocycles. The fraction of sp³-hybridized carbons (Fsp3) is 1.00. The van der Waals surface area contributed by atoms with Crippen LogP contribution in [0.15, 0.2) is 0 Å². The molecule has 0 bridgehead atoms. The van der Waals surface area contributed by atoms with Crippen LogP contribution in [0.5, 0.6) is 0 Å². The molecule has 1 fully saturated rings. The van der Waals surface area contributed by atoms with Gasteiger partial charge in [-0.3, -0.25) is 0 Å². The summed E-state index contributed by atoms with van der Waals surface area (Å²) in [5, 5.41) is 3.03. The molecule has 2 heteroatoms. The SMILES string of the molecule is CC(C)[C@@H]1CNCC1F. The highest BCUT2D eigenvalue weighted by Gasteiger charge is 2.28. The van der Waals surface area contributed by atoms with E-state index in [1.54, 1.807) is 0 Å². The minimum absolute atomic E-state index is 0.255. The molecule has 54 valence electrons. The maximum absolute atomic E-state index is 12.8. The molecule has 1 nitrogen and oxygen atoms in total. The van der Waals surface area contributed by atoms with E-state index in [1.165, 1.54) is 0 Å². The molecule has 0 aromatic rings. The average Bonchev–Trinajstić information content (AvgIpc) is 2.13. The van der Waals surface area contributed by atoms with Crippen molar-refractivity contribution in [2.45, 2.75) is 20.0 Å². The maximum atomic E-state index is 12.8. The summed E-state index contributed by atoms with van der Waals surface area (Å²) < 4.78 is 12.8. The van der Waals surface area contributed by atoms with Gasteiger partial charge in [-0.15, -0.1) is 0 Å². The van der Waals surface area contributed by atoms with E-state index < -0.39 is 6.17 Å². The summed E-state index contributed by atoms with van der Waals surface area (Å²) in [5.41, 5.74) is 0. The van der Waals surface area contributed by atoms with Crippen molar-refractivity contribution in [1.82, 2.24) is 5.32 Å². The van der Waals surface area contributed by atoms with Gasteiger partial charge in [0.15, 0.2) is 0 Å². The lowest BCUT2D eigenvalue weighted by Gasteiger charge is -2.14. The molecule has 0 aromatic heterocycles. The fourth-order valence-electron chi connectivity index (χ4n) is 1.32. The van der Waals surface area contributed by atoms with Crippen molar-refractivity contribution in [2.75, 3.05) is 13.1 Å². The fourth-order valence-corrected chi connectivity index (χ4v) is 1.32. The maximum Gasteiger partial charge on any atom is 0.117 e. The van der Waals surface area contributed by atoms with Crippen LogP contribution in [0.4, 0.5) is 4.39 Å². The normalized spacial score (nSPS) is 36.0. The van der Waals surface area contributed by atoms with Crippen molar-refractivity contribution in [3.05, 3.63) is 0 Å². The van der Waals surface area contributed by atoms with Crippen molar-refractivity contribution in [2.24, 2.45) is 11.8 Å². The molecule has 9 heavy (non-hydrogen) atoms. The van der Waals surface area contributed by atoms with Gasteiger partial charge in [-0.05, 0) is 5.92 Å². The Morgan fingerprint density at radius 1 is 1.44 bits per heavy atom. The molecule has 1 unspecified atom stereocenters. The zero-order chi connectivity index (χ0) is 6.85. The van der Waals surface area contributed by atoms with E-state index in [-0.39, 0.29) is 5.92 Å². The summed E-state index contributed by atoms with van der Waals surface area (Å²) in [6.07, 6.45) is -0.606. The van der Waals surface area contributed by atoms with Gasteiger partial charge in [0.25, 0.3) is 0 Å². The molecule has 0 spiro atoms. The highest BCUT2D eigenvalue weighted by Crippen LogP contribution is 2.20. The molecule has 0 saturated carbocycles. The van der Waals surface area contributed by atoms with E-state index in [4.69, 9.17) is 0 Å². The average molecular weight is 131 g/mol. The van der Waals surface area contributed by atoms with Gasteiger partial charge >= 0.3 is 0 Å². The lowest BCUT2D eigenvalue weighted by atomic mass is 9.94. The van der Waals surface area contributed by atoms with Crippen LogP contribution >= 0.6 is 0 Å². The summed E-state index contributed by atoms with van der Waals surface area (Å²) in [5.74, 6) is 0.736. The predicted molar refractivity (Wildman–Crippen MR) is 36.1 cm³/mol. The Morgan fingerprint density at radius 3 is 2.33 bits per heavy atom. The summed E-state index contributed by atoms with van der Waals surface area (Å²) in [7, 11) is 0. The molecule has 0 radical (unpaired) electrons. The van der Waals surface area contributed by atoms with Crippen molar-refractivity contribution in [1.29, 1.82) is 0 Å². The number of halogens is 1. The van der Waals surface area contributed by atoms with Crippen LogP contribution in [0.3, 0.4) is 0 Å². The van der Waals surface area contributed by atoms with Gasteiger partial charge < -0.3 is 5.32 Å². The van der Waals surface area contributed by atoms with E-state index in [1.807, 2.05) is 0 Å². The zero-order valence-corrected chi connectivity index (χ0v) is 6.02. The molecule has 1 rings (SSSR count). The number of hydrogen-bond acceptors (Lipinski definition) is 1. The second-order valence-corrected chi connectivity index (χ2v) is 3.08. The smallest absolute Gasteiger partial charge is 0.117 e. The van der Waals surface area contributed by atoms with E-state index in [9.17, 15) is 4.39 Å². The van der Waals surface area contributed by atoms with Crippen molar-refractivity contribution in [3.63, 3.8) is 0 Å². The van der Waals surface area contributed by atoms with Gasteiger partial charge in [-0.25, -0.2) is 4.39 Å². The largest absolute Gasteiger partial charge is 0.313 e. The third-order valence-corrected chi connectivity index (χ3v) is 2.04. The summed E-state index contributed by atoms with van der Waals surface area (Å²) >= 11 is 0. The summed E-state index contributed by atoms with van der Waals surface area (Å²) in [6, 6.07) is 0. The van der Waals surface area contributed by atoms with Gasteiger partial charge in [0.1, 0.15) is 6.17 Å². The van der Waals surface area contributed by atoms with Gasteiger partial charge in [-0.2, -0.15) is 0 Å². The molecular formula is C7H14FN. The quantitative estimate of drug-likeness (QED) is 0.564. The van der Waals surface area contributed by atoms with Gasteiger partial charge in [0.05, 0.1) is 0 Å². The second kappa shape index (κ2) is 2.65. The van der Waals surface area contributed by atoms with E-state index >= 15 is 0 Å². The highest BCUT2D eigenvalue weighted by atomic mass is 19.1. The van der Waals surface area contributed by atoms with Crippen LogP contribution in [0, 0.1) is 11.8 Å². The van der Waals surface area contributed by atoms with Gasteiger partial charge in [0.2, 0.25) is 0 Å². The second-order valence-electron chi connectivity index (χ2n) is 3.08. The number of alkyl halides is 1. The molecule has 0 amide bonds. The van der Waals surface area contributed by atoms with Crippen LogP contribution in [0.1, 0.15) is 13.8 Å². The summed E-state index contributed by atoms with van der Waals surface area (Å²) in [6.45, 7) is 5.57. The molecule has 2 atom stereocenters. The molecule has 0 aromatic carbocycles. The standard InChI is InChI=1S/C7H14FN/c1-5(2)6-3-9-4-7(6)8/h5-7,9H,3-4H2,1-2H3/t6-,7?/m0/s1. The Morgan fingerprint density at radius 2 is 2.11 bits per heavy atom. The molecule has 1 aliphatic heterocycles. The van der Waals surface area contributed by atoms with Crippen molar-refractivity contribution < 1.29 is 4.39 Å². The Bertz CT molecular complexity index is 92.9. The molecular weight excluding hydrogens is 117 g/mol. The highest BCUT2D eigenvalue weighted by molar-refractivity contribution is 4.82. The van der Waals surface area contributed by atoms with Crippen LogP contribution < -0.4 is 5.32 Å². The minimum Gasteiger partial charge on any atom is -0.313 e.